The number of aromatic nitrogens is 1. The molecule has 3 amide bonds. The van der Waals surface area contributed by atoms with Gasteiger partial charge in [0, 0.05) is 21.5 Å². The summed E-state index contributed by atoms with van der Waals surface area (Å²) in [5.74, 6) is -5.02. The molecule has 0 unspecified atom stereocenters. The zero-order chi connectivity index (χ0) is 30.6. The van der Waals surface area contributed by atoms with Gasteiger partial charge in [-0.1, -0.05) is 59.0 Å². The molecule has 1 fully saturated rings. The second-order valence-electron chi connectivity index (χ2n) is 9.80. The SMILES string of the molecule is O=C(Cn1c2c(sc1=O)[C@@H](c1ccc(F)cc1)[C@@H]1C(=O)N(c3ccccc3C(F)(F)F)C(=O)[C@@H]1S2)Nc1ccc(Cl)cc1. The largest absolute Gasteiger partial charge is 0.418 e. The van der Waals surface area contributed by atoms with Crippen LogP contribution in [0, 0.1) is 11.7 Å². The van der Waals surface area contributed by atoms with E-state index in [4.69, 9.17) is 11.6 Å². The molecule has 3 heterocycles. The Balaban J connectivity index is 1.43. The van der Waals surface area contributed by atoms with Crippen LogP contribution in [0.1, 0.15) is 21.9 Å². The summed E-state index contributed by atoms with van der Waals surface area (Å²) in [5.41, 5.74) is -0.923. The number of para-hydroxylation sites is 1. The molecule has 3 aromatic carbocycles. The molecule has 3 atom stereocenters. The van der Waals surface area contributed by atoms with Crippen molar-refractivity contribution in [2.24, 2.45) is 5.92 Å². The Bertz CT molecular complexity index is 1820. The number of anilines is 2. The molecule has 4 aromatic rings. The van der Waals surface area contributed by atoms with Gasteiger partial charge in [-0.25, -0.2) is 9.29 Å². The Kier molecular flexibility index (Phi) is 7.43. The minimum atomic E-state index is -4.84. The summed E-state index contributed by atoms with van der Waals surface area (Å²) in [4.78, 5) is 54.1. The van der Waals surface area contributed by atoms with Crippen LogP contribution in [0.5, 0.6) is 0 Å². The van der Waals surface area contributed by atoms with Gasteiger partial charge < -0.3 is 5.32 Å². The number of halogens is 5. The maximum Gasteiger partial charge on any atom is 0.418 e. The molecule has 1 aromatic heterocycles. The predicted molar refractivity (Wildman–Crippen MR) is 154 cm³/mol. The van der Waals surface area contributed by atoms with Crippen LogP contribution in [0.2, 0.25) is 5.02 Å². The number of nitrogens with zero attached hydrogens (tertiary/aromatic N) is 2. The lowest BCUT2D eigenvalue weighted by Gasteiger charge is -2.30. The van der Waals surface area contributed by atoms with Crippen molar-refractivity contribution >= 4 is 63.8 Å². The van der Waals surface area contributed by atoms with Gasteiger partial charge in [0.2, 0.25) is 17.7 Å². The molecule has 43 heavy (non-hydrogen) atoms. The van der Waals surface area contributed by atoms with Crippen molar-refractivity contribution in [1.82, 2.24) is 4.57 Å². The van der Waals surface area contributed by atoms with Gasteiger partial charge in [-0.05, 0) is 54.1 Å². The zero-order valence-electron chi connectivity index (χ0n) is 21.6. The minimum absolute atomic E-state index is 0.240. The summed E-state index contributed by atoms with van der Waals surface area (Å²) in [7, 11) is 0. The van der Waals surface area contributed by atoms with Crippen molar-refractivity contribution in [2.45, 2.75) is 28.9 Å². The van der Waals surface area contributed by atoms with Crippen molar-refractivity contribution in [1.29, 1.82) is 0 Å². The van der Waals surface area contributed by atoms with Crippen LogP contribution in [-0.4, -0.2) is 27.5 Å². The molecule has 7 nitrogen and oxygen atoms in total. The van der Waals surface area contributed by atoms with E-state index >= 15 is 0 Å². The number of thiazole rings is 1. The van der Waals surface area contributed by atoms with E-state index in [1.165, 1.54) is 22.8 Å². The van der Waals surface area contributed by atoms with Crippen LogP contribution in [0.15, 0.2) is 82.6 Å². The van der Waals surface area contributed by atoms with Gasteiger partial charge in [-0.3, -0.25) is 23.7 Å². The first-order chi connectivity index (χ1) is 20.4. The normalized spacial score (nSPS) is 19.7. The van der Waals surface area contributed by atoms with Gasteiger partial charge in [0.05, 0.1) is 22.2 Å². The summed E-state index contributed by atoms with van der Waals surface area (Å²) in [5, 5.41) is 2.15. The Morgan fingerprint density at radius 1 is 0.930 bits per heavy atom. The number of hydrogen-bond acceptors (Lipinski definition) is 6. The second kappa shape index (κ2) is 11.0. The Labute approximate surface area is 254 Å². The van der Waals surface area contributed by atoms with E-state index in [0.29, 0.717) is 26.1 Å². The lowest BCUT2D eigenvalue weighted by molar-refractivity contribution is -0.137. The molecule has 0 radical (unpaired) electrons. The molecular weight excluding hydrogens is 630 g/mol. The zero-order valence-corrected chi connectivity index (χ0v) is 24.0. The molecule has 0 aliphatic carbocycles. The number of thioether (sulfide) groups is 1. The quantitative estimate of drug-likeness (QED) is 0.207. The van der Waals surface area contributed by atoms with Crippen LogP contribution in [-0.2, 0) is 27.1 Å². The average molecular weight is 648 g/mol. The molecule has 1 saturated heterocycles. The second-order valence-corrected chi connectivity index (χ2v) is 12.4. The average Bonchev–Trinajstić information content (AvgIpc) is 3.40. The van der Waals surface area contributed by atoms with Crippen molar-refractivity contribution in [3.63, 3.8) is 0 Å². The van der Waals surface area contributed by atoms with Crippen LogP contribution in [0.4, 0.5) is 28.9 Å². The number of hydrogen-bond donors (Lipinski definition) is 1. The highest BCUT2D eigenvalue weighted by Crippen LogP contribution is 2.54. The first-order valence-electron chi connectivity index (χ1n) is 12.7. The molecule has 0 saturated carbocycles. The highest BCUT2D eigenvalue weighted by Gasteiger charge is 2.57. The number of rotatable bonds is 5. The Hall–Kier alpha value is -3.94. The van der Waals surface area contributed by atoms with Gasteiger partial charge in [0.15, 0.2) is 0 Å². The molecule has 1 N–H and O–H groups in total. The monoisotopic (exact) mass is 647 g/mol. The van der Waals surface area contributed by atoms with E-state index in [2.05, 4.69) is 5.32 Å². The summed E-state index contributed by atoms with van der Waals surface area (Å²) < 4.78 is 56.7. The summed E-state index contributed by atoms with van der Waals surface area (Å²) >= 11 is 7.52. The molecular formula is C29H18ClF4N3O4S2. The van der Waals surface area contributed by atoms with Crippen molar-refractivity contribution < 1.29 is 31.9 Å². The van der Waals surface area contributed by atoms with Crippen LogP contribution >= 0.6 is 34.7 Å². The van der Waals surface area contributed by atoms with E-state index in [9.17, 15) is 36.7 Å². The number of fused-ring (bicyclic) bond motifs is 2. The van der Waals surface area contributed by atoms with Crippen LogP contribution in [0.25, 0.3) is 0 Å². The first-order valence-corrected chi connectivity index (χ1v) is 14.8. The molecule has 0 bridgehead atoms. The first kappa shape index (κ1) is 29.1. The number of alkyl halides is 3. The van der Waals surface area contributed by atoms with E-state index < -0.39 is 69.5 Å². The maximum absolute atomic E-state index is 13.9. The van der Waals surface area contributed by atoms with Gasteiger partial charge >= 0.3 is 11.0 Å². The summed E-state index contributed by atoms with van der Waals surface area (Å²) in [6, 6.07) is 15.7. The third-order valence-corrected chi connectivity index (χ3v) is 10.0. The van der Waals surface area contributed by atoms with Gasteiger partial charge in [0.1, 0.15) is 17.6 Å². The lowest BCUT2D eigenvalue weighted by Crippen LogP contribution is -2.33. The van der Waals surface area contributed by atoms with Crippen LogP contribution < -0.4 is 15.1 Å². The van der Waals surface area contributed by atoms with E-state index in [1.807, 2.05) is 0 Å². The number of benzene rings is 3. The fourth-order valence-electron chi connectivity index (χ4n) is 5.31. The third kappa shape index (κ3) is 5.25. The number of nitrogens with one attached hydrogen (secondary N) is 1. The molecule has 14 heteroatoms. The lowest BCUT2D eigenvalue weighted by atomic mass is 9.83. The van der Waals surface area contributed by atoms with E-state index in [-0.39, 0.29) is 5.03 Å². The maximum atomic E-state index is 13.9. The highest BCUT2D eigenvalue weighted by atomic mass is 35.5. The number of amides is 3. The number of imide groups is 1. The fourth-order valence-corrected chi connectivity index (χ4v) is 8.21. The molecule has 220 valence electrons. The molecule has 2 aliphatic rings. The third-order valence-electron chi connectivity index (χ3n) is 7.16. The fraction of sp³-hybridized carbons (Fsp3) is 0.172. The smallest absolute Gasteiger partial charge is 0.325 e. The Morgan fingerprint density at radius 2 is 1.60 bits per heavy atom. The highest BCUT2D eigenvalue weighted by molar-refractivity contribution is 8.00. The minimum Gasteiger partial charge on any atom is -0.325 e. The van der Waals surface area contributed by atoms with Gasteiger partial charge in [-0.2, -0.15) is 13.2 Å². The topological polar surface area (TPSA) is 88.5 Å². The summed E-state index contributed by atoms with van der Waals surface area (Å²) in [6.07, 6.45) is -4.84. The Morgan fingerprint density at radius 3 is 2.28 bits per heavy atom. The van der Waals surface area contributed by atoms with Crippen molar-refractivity contribution in [3.05, 3.63) is 109 Å². The predicted octanol–water partition coefficient (Wildman–Crippen LogP) is 6.16. The molecule has 6 rings (SSSR count). The molecule has 0 spiro atoms. The number of carbonyl (C=O) groups excluding carboxylic acids is 3. The molecule has 2 aliphatic heterocycles. The number of carbonyl (C=O) groups is 3. The van der Waals surface area contributed by atoms with Crippen molar-refractivity contribution in [2.75, 3.05) is 10.2 Å². The van der Waals surface area contributed by atoms with Gasteiger partial charge in [0.25, 0.3) is 0 Å². The van der Waals surface area contributed by atoms with E-state index in [0.717, 1.165) is 53.4 Å². The van der Waals surface area contributed by atoms with Crippen LogP contribution in [0.3, 0.4) is 0 Å². The van der Waals surface area contributed by atoms with Gasteiger partial charge in [-0.15, -0.1) is 0 Å². The standard InChI is InChI=1S/C29H18ClF4N3O4S2/c30-15-7-11-17(12-8-15)35-20(38)13-36-27-24(43-28(36)41)21(14-5-9-16(31)10-6-14)22-23(42-27)26(40)37(25(22)39)19-4-2-1-3-18(19)29(32,33)34/h1-12,21-23H,13H2,(H,35,38)/t21-,22-,23+/m0/s1. The summed E-state index contributed by atoms with van der Waals surface area (Å²) in [6.45, 7) is -0.434. The van der Waals surface area contributed by atoms with Crippen molar-refractivity contribution in [3.8, 4) is 0 Å². The van der Waals surface area contributed by atoms with E-state index in [1.54, 1.807) is 24.3 Å².